The molecule has 4 aromatic rings. The summed E-state index contributed by atoms with van der Waals surface area (Å²) in [5.41, 5.74) is 1.12. The van der Waals surface area contributed by atoms with E-state index >= 15 is 0 Å². The SMILES string of the molecule is CCNC(=O)[C@H](Cc1ccccc1)N(Cc1cccc(Cl)c1)C(=O)CN(c1cc(Cl)ccc1OC)S(=O)(=O)c1ccc(C)c([N+](=O)[O-])c1. The number of nitrogens with one attached hydrogen (secondary N) is 1. The number of carbonyl (C=O) groups is 2. The Hall–Kier alpha value is -4.65. The highest BCUT2D eigenvalue weighted by Crippen LogP contribution is 2.36. The smallest absolute Gasteiger partial charge is 0.273 e. The Morgan fingerprint density at radius 3 is 2.27 bits per heavy atom. The summed E-state index contributed by atoms with van der Waals surface area (Å²) in [5, 5.41) is 15.1. The quantitative estimate of drug-likeness (QED) is 0.122. The number of amides is 2. The summed E-state index contributed by atoms with van der Waals surface area (Å²) in [6.07, 6.45) is 0.121. The molecule has 0 aliphatic rings. The van der Waals surface area contributed by atoms with E-state index in [4.69, 9.17) is 27.9 Å². The number of carbonyl (C=O) groups excluding carboxylic acids is 2. The molecule has 4 aromatic carbocycles. The first-order chi connectivity index (χ1) is 22.8. The molecule has 0 unspecified atom stereocenters. The Kier molecular flexibility index (Phi) is 12.0. The van der Waals surface area contributed by atoms with E-state index in [9.17, 15) is 28.1 Å². The van der Waals surface area contributed by atoms with E-state index in [1.807, 2.05) is 30.3 Å². The van der Waals surface area contributed by atoms with Gasteiger partial charge in [-0.2, -0.15) is 0 Å². The van der Waals surface area contributed by atoms with E-state index in [1.54, 1.807) is 31.2 Å². The predicted molar refractivity (Wildman–Crippen MR) is 185 cm³/mol. The molecule has 0 bridgehead atoms. The number of nitro groups is 1. The molecule has 1 N–H and O–H groups in total. The van der Waals surface area contributed by atoms with Crippen LogP contribution >= 0.6 is 23.2 Å². The van der Waals surface area contributed by atoms with Crippen LogP contribution in [0.3, 0.4) is 0 Å². The van der Waals surface area contributed by atoms with Gasteiger partial charge < -0.3 is 15.0 Å². The zero-order valence-electron chi connectivity index (χ0n) is 26.4. The lowest BCUT2D eigenvalue weighted by Crippen LogP contribution is -2.53. The Morgan fingerprint density at radius 1 is 0.938 bits per heavy atom. The second-order valence-corrected chi connectivity index (χ2v) is 13.5. The van der Waals surface area contributed by atoms with Crippen LogP contribution in [0.2, 0.25) is 10.0 Å². The van der Waals surface area contributed by atoms with Gasteiger partial charge in [0.05, 0.1) is 22.6 Å². The van der Waals surface area contributed by atoms with Crippen molar-refractivity contribution in [3.05, 3.63) is 128 Å². The standard InChI is InChI=1S/C34H34Cl2N4O7S/c1-4-37-34(42)31(18-24-9-6-5-7-10-24)38(21-25-11-8-12-26(35)17-25)33(41)22-39(30-19-27(36)14-16-32(30)47-3)48(45,46)28-15-13-23(2)29(20-28)40(43)44/h5-17,19-20,31H,4,18,21-22H2,1-3H3,(H,37,42)/t31-/m0/s1. The number of likely N-dealkylation sites (N-methyl/N-ethyl adjacent to an activating group) is 1. The molecule has 0 radical (unpaired) electrons. The summed E-state index contributed by atoms with van der Waals surface area (Å²) in [7, 11) is -3.35. The topological polar surface area (TPSA) is 139 Å². The van der Waals surface area contributed by atoms with Crippen molar-refractivity contribution in [2.45, 2.75) is 37.8 Å². The number of ether oxygens (including phenoxy) is 1. The number of hydrogen-bond donors (Lipinski definition) is 1. The second-order valence-electron chi connectivity index (χ2n) is 10.8. The zero-order chi connectivity index (χ0) is 35.0. The third-order valence-corrected chi connectivity index (χ3v) is 9.74. The van der Waals surface area contributed by atoms with Crippen LogP contribution in [-0.2, 0) is 32.6 Å². The molecular formula is C34H34Cl2N4O7S. The first kappa shape index (κ1) is 36.2. The third kappa shape index (κ3) is 8.62. The van der Waals surface area contributed by atoms with E-state index in [1.165, 1.54) is 49.3 Å². The molecule has 0 aromatic heterocycles. The summed E-state index contributed by atoms with van der Waals surface area (Å²) in [6.45, 7) is 2.62. The van der Waals surface area contributed by atoms with Crippen molar-refractivity contribution in [3.63, 3.8) is 0 Å². The van der Waals surface area contributed by atoms with E-state index in [0.29, 0.717) is 10.6 Å². The first-order valence-corrected chi connectivity index (χ1v) is 17.0. The van der Waals surface area contributed by atoms with Crippen LogP contribution in [0.1, 0.15) is 23.6 Å². The monoisotopic (exact) mass is 712 g/mol. The molecule has 0 saturated heterocycles. The van der Waals surface area contributed by atoms with Gasteiger partial charge in [-0.1, -0.05) is 71.7 Å². The predicted octanol–water partition coefficient (Wildman–Crippen LogP) is 6.19. The van der Waals surface area contributed by atoms with Gasteiger partial charge in [-0.25, -0.2) is 8.42 Å². The fraction of sp³-hybridized carbons (Fsp3) is 0.235. The van der Waals surface area contributed by atoms with Gasteiger partial charge in [0.1, 0.15) is 18.3 Å². The molecule has 0 fully saturated rings. The Balaban J connectivity index is 1.89. The lowest BCUT2D eigenvalue weighted by molar-refractivity contribution is -0.385. The fourth-order valence-electron chi connectivity index (χ4n) is 5.12. The number of methoxy groups -OCH3 is 1. The van der Waals surface area contributed by atoms with Gasteiger partial charge in [0, 0.05) is 41.2 Å². The minimum atomic E-state index is -4.68. The number of nitro benzene ring substituents is 1. The largest absolute Gasteiger partial charge is 0.495 e. The highest BCUT2D eigenvalue weighted by Gasteiger charge is 2.36. The lowest BCUT2D eigenvalue weighted by Gasteiger charge is -2.34. The number of halogens is 2. The van der Waals surface area contributed by atoms with Crippen molar-refractivity contribution in [3.8, 4) is 5.75 Å². The van der Waals surface area contributed by atoms with Gasteiger partial charge in [0.15, 0.2) is 0 Å². The number of anilines is 1. The van der Waals surface area contributed by atoms with E-state index in [-0.39, 0.29) is 41.5 Å². The van der Waals surface area contributed by atoms with Crippen molar-refractivity contribution in [2.24, 2.45) is 0 Å². The van der Waals surface area contributed by atoms with Crippen LogP contribution in [-0.4, -0.2) is 56.3 Å². The molecule has 2 amide bonds. The average Bonchev–Trinajstić information content (AvgIpc) is 3.05. The average molecular weight is 714 g/mol. The Labute approximate surface area is 289 Å². The molecule has 0 aliphatic heterocycles. The number of rotatable bonds is 14. The van der Waals surface area contributed by atoms with E-state index in [0.717, 1.165) is 15.9 Å². The van der Waals surface area contributed by atoms with E-state index < -0.39 is 49.9 Å². The highest BCUT2D eigenvalue weighted by atomic mass is 35.5. The molecular weight excluding hydrogens is 679 g/mol. The number of hydrogen-bond acceptors (Lipinski definition) is 7. The maximum atomic E-state index is 14.6. The Morgan fingerprint density at radius 2 is 1.62 bits per heavy atom. The van der Waals surface area contributed by atoms with Gasteiger partial charge in [-0.3, -0.25) is 24.0 Å². The second kappa shape index (κ2) is 16.0. The molecule has 11 nitrogen and oxygen atoms in total. The molecule has 4 rings (SSSR count). The molecule has 48 heavy (non-hydrogen) atoms. The molecule has 0 heterocycles. The Bertz CT molecular complexity index is 1910. The number of sulfonamides is 1. The van der Waals surface area contributed by atoms with Crippen molar-refractivity contribution in [2.75, 3.05) is 24.5 Å². The summed E-state index contributed by atoms with van der Waals surface area (Å²) in [5.74, 6) is -1.11. The molecule has 0 aliphatic carbocycles. The maximum Gasteiger partial charge on any atom is 0.273 e. The van der Waals surface area contributed by atoms with E-state index in [2.05, 4.69) is 5.32 Å². The number of aryl methyl sites for hydroxylation is 1. The van der Waals surface area contributed by atoms with Crippen LogP contribution in [0.5, 0.6) is 5.75 Å². The van der Waals surface area contributed by atoms with Crippen LogP contribution < -0.4 is 14.4 Å². The van der Waals surface area contributed by atoms with Gasteiger partial charge >= 0.3 is 0 Å². The van der Waals surface area contributed by atoms with Gasteiger partial charge in [0.2, 0.25) is 11.8 Å². The van der Waals surface area contributed by atoms with Crippen LogP contribution in [0.15, 0.2) is 95.9 Å². The van der Waals surface area contributed by atoms with Gasteiger partial charge in [-0.05, 0) is 61.4 Å². The molecule has 14 heteroatoms. The first-order valence-electron chi connectivity index (χ1n) is 14.8. The zero-order valence-corrected chi connectivity index (χ0v) is 28.8. The van der Waals surface area contributed by atoms with Crippen LogP contribution in [0.4, 0.5) is 11.4 Å². The van der Waals surface area contributed by atoms with Crippen molar-refractivity contribution >= 4 is 56.4 Å². The molecule has 0 spiro atoms. The molecule has 1 atom stereocenters. The summed E-state index contributed by atoms with van der Waals surface area (Å²) >= 11 is 12.6. The van der Waals surface area contributed by atoms with Crippen molar-refractivity contribution in [1.82, 2.24) is 10.2 Å². The third-order valence-electron chi connectivity index (χ3n) is 7.52. The molecule has 0 saturated carbocycles. The summed E-state index contributed by atoms with van der Waals surface area (Å²) in [4.78, 5) is 40.1. The fourth-order valence-corrected chi connectivity index (χ4v) is 6.94. The van der Waals surface area contributed by atoms with Crippen LogP contribution in [0.25, 0.3) is 0 Å². The highest BCUT2D eigenvalue weighted by molar-refractivity contribution is 7.92. The van der Waals surface area contributed by atoms with Gasteiger partial charge in [0.25, 0.3) is 15.7 Å². The summed E-state index contributed by atoms with van der Waals surface area (Å²) in [6, 6.07) is 22.5. The number of benzene rings is 4. The normalized spacial score (nSPS) is 11.8. The molecule has 252 valence electrons. The minimum Gasteiger partial charge on any atom is -0.495 e. The van der Waals surface area contributed by atoms with Crippen LogP contribution in [0, 0.1) is 17.0 Å². The number of nitrogens with zero attached hydrogens (tertiary/aromatic N) is 3. The van der Waals surface area contributed by atoms with Crippen molar-refractivity contribution < 1.29 is 27.7 Å². The maximum absolute atomic E-state index is 14.6. The van der Waals surface area contributed by atoms with Gasteiger partial charge in [-0.15, -0.1) is 0 Å². The minimum absolute atomic E-state index is 0.0725. The lowest BCUT2D eigenvalue weighted by atomic mass is 10.0. The summed E-state index contributed by atoms with van der Waals surface area (Å²) < 4.78 is 35.0. The van der Waals surface area contributed by atoms with Crippen molar-refractivity contribution in [1.29, 1.82) is 0 Å².